The average Bonchev–Trinajstić information content (AvgIpc) is 3.53. The maximum atomic E-state index is 5.20. The molecule has 0 fully saturated rings. The first-order chi connectivity index (χ1) is 19.4. The molecule has 2 nitrogen and oxygen atoms in total. The van der Waals surface area contributed by atoms with E-state index < -0.39 is 0 Å². The Labute approximate surface area is 237 Å². The second-order valence-corrected chi connectivity index (χ2v) is 11.2. The molecule has 0 saturated carbocycles. The molecule has 0 bridgehead atoms. The highest BCUT2D eigenvalue weighted by Crippen LogP contribution is 2.47. The molecule has 1 aliphatic carbocycles. The molecule has 3 aromatic carbocycles. The van der Waals surface area contributed by atoms with Gasteiger partial charge < -0.3 is 4.57 Å². The quantitative estimate of drug-likeness (QED) is 0.225. The number of benzene rings is 3. The van der Waals surface area contributed by atoms with Gasteiger partial charge in [-0.3, -0.25) is 4.99 Å². The summed E-state index contributed by atoms with van der Waals surface area (Å²) in [7, 11) is 0. The van der Waals surface area contributed by atoms with Crippen LogP contribution in [0.15, 0.2) is 126 Å². The lowest BCUT2D eigenvalue weighted by Crippen LogP contribution is -2.26. The molecule has 4 aromatic rings. The number of nitrogens with zero attached hydrogens (tertiary/aromatic N) is 2. The van der Waals surface area contributed by atoms with Crippen LogP contribution < -0.4 is 0 Å². The fraction of sp³-hybridized carbons (Fsp3) is 0.184. The van der Waals surface area contributed by atoms with Crippen molar-refractivity contribution in [2.45, 2.75) is 46.0 Å². The van der Waals surface area contributed by atoms with Gasteiger partial charge in [-0.25, -0.2) is 0 Å². The molecule has 0 radical (unpaired) electrons. The smallest absolute Gasteiger partial charge is 0.0682 e. The van der Waals surface area contributed by atoms with Gasteiger partial charge in [-0.2, -0.15) is 0 Å². The van der Waals surface area contributed by atoms with Crippen molar-refractivity contribution in [3.05, 3.63) is 138 Å². The molecule has 0 spiro atoms. The predicted octanol–water partition coefficient (Wildman–Crippen LogP) is 10.5. The monoisotopic (exact) mass is 520 g/mol. The molecule has 0 N–H and O–H groups in total. The van der Waals surface area contributed by atoms with E-state index in [0.717, 1.165) is 17.0 Å². The minimum absolute atomic E-state index is 0.233. The summed E-state index contributed by atoms with van der Waals surface area (Å²) in [6.07, 6.45) is 19.0. The normalized spacial score (nSPS) is 18.3. The largest absolute Gasteiger partial charge is 0.309 e. The van der Waals surface area contributed by atoms with Crippen molar-refractivity contribution in [1.82, 2.24) is 4.57 Å². The zero-order valence-corrected chi connectivity index (χ0v) is 24.1. The molecule has 1 atom stereocenters. The van der Waals surface area contributed by atoms with Crippen molar-refractivity contribution < 1.29 is 0 Å². The van der Waals surface area contributed by atoms with E-state index in [0.29, 0.717) is 5.92 Å². The van der Waals surface area contributed by atoms with E-state index in [1.807, 2.05) is 19.9 Å². The molecule has 2 aliphatic rings. The van der Waals surface area contributed by atoms with Gasteiger partial charge in [-0.05, 0) is 72.0 Å². The number of aromatic nitrogens is 1. The Morgan fingerprint density at radius 2 is 1.77 bits per heavy atom. The van der Waals surface area contributed by atoms with Crippen LogP contribution in [-0.4, -0.2) is 10.3 Å². The maximum Gasteiger partial charge on any atom is 0.0682 e. The lowest BCUT2D eigenvalue weighted by atomic mass is 9.78. The zero-order valence-electron chi connectivity index (χ0n) is 24.1. The summed E-state index contributed by atoms with van der Waals surface area (Å²) < 4.78 is 2.43. The second-order valence-electron chi connectivity index (χ2n) is 11.2. The van der Waals surface area contributed by atoms with E-state index in [-0.39, 0.29) is 5.41 Å². The van der Waals surface area contributed by atoms with E-state index in [2.05, 4.69) is 135 Å². The van der Waals surface area contributed by atoms with Crippen molar-refractivity contribution in [3.8, 4) is 5.69 Å². The molecule has 40 heavy (non-hydrogen) atoms. The Kier molecular flexibility index (Phi) is 6.43. The van der Waals surface area contributed by atoms with Crippen LogP contribution in [0.1, 0.15) is 57.2 Å². The molecular weight excluding hydrogens is 484 g/mol. The van der Waals surface area contributed by atoms with Gasteiger partial charge in [0.25, 0.3) is 0 Å². The Bertz CT molecular complexity index is 1860. The summed E-state index contributed by atoms with van der Waals surface area (Å²) in [5.74, 6) is 0.387. The van der Waals surface area contributed by atoms with Gasteiger partial charge in [0.15, 0.2) is 0 Å². The van der Waals surface area contributed by atoms with Crippen molar-refractivity contribution >= 4 is 39.3 Å². The predicted molar refractivity (Wildman–Crippen MR) is 174 cm³/mol. The molecular formula is C38H36N2. The minimum atomic E-state index is -0.233. The van der Waals surface area contributed by atoms with Gasteiger partial charge in [0.05, 0.1) is 22.4 Å². The third-order valence-corrected chi connectivity index (χ3v) is 8.41. The first kappa shape index (κ1) is 25.8. The Balaban J connectivity index is 1.55. The molecule has 6 rings (SSSR count). The summed E-state index contributed by atoms with van der Waals surface area (Å²) in [5, 5.41) is 2.48. The van der Waals surface area contributed by atoms with Gasteiger partial charge in [0.2, 0.25) is 0 Å². The summed E-state index contributed by atoms with van der Waals surface area (Å²) in [4.78, 5) is 5.20. The van der Waals surface area contributed by atoms with Gasteiger partial charge in [-0.15, -0.1) is 0 Å². The Morgan fingerprint density at radius 3 is 2.55 bits per heavy atom. The molecule has 2 heterocycles. The van der Waals surface area contributed by atoms with Crippen LogP contribution in [0, 0.1) is 0 Å². The molecule has 0 saturated heterocycles. The fourth-order valence-corrected chi connectivity index (χ4v) is 6.38. The second kappa shape index (κ2) is 9.95. The molecule has 1 unspecified atom stereocenters. The van der Waals surface area contributed by atoms with Crippen molar-refractivity contribution in [1.29, 1.82) is 0 Å². The average molecular weight is 521 g/mol. The van der Waals surface area contributed by atoms with Crippen LogP contribution in [0.5, 0.6) is 0 Å². The highest BCUT2D eigenvalue weighted by Gasteiger charge is 2.37. The highest BCUT2D eigenvalue weighted by molar-refractivity contribution is 6.17. The molecule has 0 amide bonds. The number of rotatable bonds is 6. The van der Waals surface area contributed by atoms with E-state index in [4.69, 9.17) is 4.99 Å². The van der Waals surface area contributed by atoms with Crippen LogP contribution in [0.25, 0.3) is 33.6 Å². The van der Waals surface area contributed by atoms with Crippen LogP contribution in [-0.2, 0) is 5.41 Å². The van der Waals surface area contributed by atoms with Crippen molar-refractivity contribution in [2.24, 2.45) is 4.99 Å². The maximum absolute atomic E-state index is 5.20. The first-order valence-corrected chi connectivity index (χ1v) is 14.2. The molecule has 198 valence electrons. The summed E-state index contributed by atoms with van der Waals surface area (Å²) in [6.45, 7) is 14.9. The summed E-state index contributed by atoms with van der Waals surface area (Å²) >= 11 is 0. The van der Waals surface area contributed by atoms with E-state index in [9.17, 15) is 0 Å². The standard InChI is InChI=1S/C38H36N2/c1-7-10-11-16-27-21-28-22-29(19-20-30(28)25(27)4)40-35-18-13-12-17-31(35)32-23-34-33(24-36(32)40)38(5,6)37(39-34)26(14-8-2)15-9-3/h7-25H,2H2,1,3-6H3/b10-7-,15-9-,16-11-,26-14+. The third-order valence-electron chi connectivity index (χ3n) is 8.41. The van der Waals surface area contributed by atoms with Gasteiger partial charge in [0.1, 0.15) is 0 Å². The van der Waals surface area contributed by atoms with Crippen molar-refractivity contribution in [2.75, 3.05) is 0 Å². The molecule has 2 heteroatoms. The van der Waals surface area contributed by atoms with E-state index >= 15 is 0 Å². The van der Waals surface area contributed by atoms with E-state index in [1.54, 1.807) is 0 Å². The topological polar surface area (TPSA) is 17.3 Å². The summed E-state index contributed by atoms with van der Waals surface area (Å²) in [6, 6.07) is 20.3. The Hall–Kier alpha value is -4.43. The van der Waals surface area contributed by atoms with Gasteiger partial charge in [-0.1, -0.05) is 106 Å². The van der Waals surface area contributed by atoms with E-state index in [1.165, 1.54) is 49.8 Å². The highest BCUT2D eigenvalue weighted by atomic mass is 15.0. The fourth-order valence-electron chi connectivity index (χ4n) is 6.38. The van der Waals surface area contributed by atoms with Crippen LogP contribution >= 0.6 is 0 Å². The third kappa shape index (κ3) is 3.98. The number of hydrogen-bond acceptors (Lipinski definition) is 1. The molecule has 1 aliphatic heterocycles. The van der Waals surface area contributed by atoms with Gasteiger partial charge >= 0.3 is 0 Å². The Morgan fingerprint density at radius 1 is 0.950 bits per heavy atom. The number of fused-ring (bicyclic) bond motifs is 5. The minimum Gasteiger partial charge on any atom is -0.309 e. The zero-order chi connectivity index (χ0) is 28.0. The van der Waals surface area contributed by atoms with Gasteiger partial charge in [0, 0.05) is 27.8 Å². The van der Waals surface area contributed by atoms with Crippen LogP contribution in [0.2, 0.25) is 0 Å². The number of allylic oxidation sites excluding steroid dienone is 10. The van der Waals surface area contributed by atoms with Crippen LogP contribution in [0.4, 0.5) is 5.69 Å². The van der Waals surface area contributed by atoms with Crippen molar-refractivity contribution in [3.63, 3.8) is 0 Å². The SMILES string of the molecule is C=C/C=C(\C=C/C)C1=Nc2cc3c4ccccc4n(-c4ccc5c(c4)C=C(/C=C\C=C/C)C5C)c3cc2C1(C)C. The van der Waals surface area contributed by atoms with Crippen LogP contribution in [0.3, 0.4) is 0 Å². The number of aliphatic imine (C=N–C) groups is 1. The first-order valence-electron chi connectivity index (χ1n) is 14.2. The lowest BCUT2D eigenvalue weighted by Gasteiger charge is -2.23. The lowest BCUT2D eigenvalue weighted by molar-refractivity contribution is 0.738. The summed E-state index contributed by atoms with van der Waals surface area (Å²) in [5.41, 5.74) is 11.9. The number of para-hydroxylation sites is 1. The number of hydrogen-bond donors (Lipinski definition) is 0. The molecule has 1 aromatic heterocycles.